The fourth-order valence-corrected chi connectivity index (χ4v) is 3.85. The highest BCUT2D eigenvalue weighted by atomic mass is 32.1. The summed E-state index contributed by atoms with van der Waals surface area (Å²) < 4.78 is 0. The third-order valence-corrected chi connectivity index (χ3v) is 5.86. The number of aromatic amines is 1. The third kappa shape index (κ3) is 4.75. The van der Waals surface area contributed by atoms with E-state index in [2.05, 4.69) is 10.3 Å². The minimum Gasteiger partial charge on any atom is -0.356 e. The van der Waals surface area contributed by atoms with E-state index in [1.54, 1.807) is 6.07 Å². The number of hydrogen-bond acceptors (Lipinski definition) is 4. The van der Waals surface area contributed by atoms with Crippen molar-refractivity contribution in [1.29, 1.82) is 0 Å². The number of ketones is 1. The van der Waals surface area contributed by atoms with Gasteiger partial charge in [-0.3, -0.25) is 14.4 Å². The number of H-pyrrole nitrogens is 1. The largest absolute Gasteiger partial charge is 0.356 e. The fourth-order valence-electron chi connectivity index (χ4n) is 3.15. The van der Waals surface area contributed by atoms with Crippen LogP contribution in [0.2, 0.25) is 0 Å². The van der Waals surface area contributed by atoms with Crippen molar-refractivity contribution in [1.82, 2.24) is 10.3 Å². The Kier molecular flexibility index (Phi) is 6.41. The molecular formula is C22H24N2O3S. The van der Waals surface area contributed by atoms with Crippen LogP contribution in [0.15, 0.2) is 40.5 Å². The number of fused-ring (bicyclic) bond motifs is 1. The highest BCUT2D eigenvalue weighted by molar-refractivity contribution is 7.12. The molecular weight excluding hydrogens is 372 g/mol. The van der Waals surface area contributed by atoms with E-state index in [1.165, 1.54) is 11.3 Å². The second-order valence-electron chi connectivity index (χ2n) is 6.95. The summed E-state index contributed by atoms with van der Waals surface area (Å²) in [6.07, 6.45) is 1.68. The number of rotatable bonds is 8. The second kappa shape index (κ2) is 8.97. The van der Waals surface area contributed by atoms with Crippen LogP contribution in [0.25, 0.3) is 10.9 Å². The van der Waals surface area contributed by atoms with E-state index in [-0.39, 0.29) is 17.2 Å². The quantitative estimate of drug-likeness (QED) is 0.567. The molecule has 0 atom stereocenters. The molecule has 1 aromatic carbocycles. The van der Waals surface area contributed by atoms with Crippen LogP contribution >= 0.6 is 11.3 Å². The van der Waals surface area contributed by atoms with Crippen LogP contribution in [0, 0.1) is 13.8 Å². The molecule has 0 fully saturated rings. The monoisotopic (exact) mass is 396 g/mol. The van der Waals surface area contributed by atoms with Gasteiger partial charge in [-0.2, -0.15) is 0 Å². The lowest BCUT2D eigenvalue weighted by Gasteiger charge is -2.08. The zero-order chi connectivity index (χ0) is 20.1. The average molecular weight is 397 g/mol. The Hall–Kier alpha value is -2.73. The number of aromatic nitrogens is 1. The first-order valence-electron chi connectivity index (χ1n) is 9.41. The van der Waals surface area contributed by atoms with E-state index in [0.29, 0.717) is 37.8 Å². The minimum absolute atomic E-state index is 0.0797. The summed E-state index contributed by atoms with van der Waals surface area (Å²) in [6, 6.07) is 9.59. The first-order valence-corrected chi connectivity index (χ1v) is 10.3. The molecule has 0 bridgehead atoms. The maximum Gasteiger partial charge on any atom is 0.251 e. The predicted molar refractivity (Wildman–Crippen MR) is 113 cm³/mol. The number of benzene rings is 1. The summed E-state index contributed by atoms with van der Waals surface area (Å²) in [4.78, 5) is 39.9. The van der Waals surface area contributed by atoms with Crippen LogP contribution in [-0.4, -0.2) is 23.2 Å². The first kappa shape index (κ1) is 20.0. The molecule has 28 heavy (non-hydrogen) atoms. The molecule has 0 unspecified atom stereocenters. The van der Waals surface area contributed by atoms with Gasteiger partial charge in [0.15, 0.2) is 5.78 Å². The van der Waals surface area contributed by atoms with Crippen molar-refractivity contribution in [2.75, 3.05) is 6.54 Å². The number of carbonyl (C=O) groups is 2. The molecule has 2 N–H and O–H groups in total. The second-order valence-corrected chi connectivity index (χ2v) is 7.90. The van der Waals surface area contributed by atoms with Crippen molar-refractivity contribution in [2.45, 2.75) is 39.5 Å². The molecule has 3 aromatic rings. The Morgan fingerprint density at radius 2 is 1.96 bits per heavy atom. The van der Waals surface area contributed by atoms with Gasteiger partial charge in [-0.05, 0) is 60.7 Å². The first-order chi connectivity index (χ1) is 13.5. The SMILES string of the molecule is Cc1ccc2cc(CCNC(=O)CCCC(=O)c3cccs3)c(=O)[nH]c2c1C. The number of Topliss-reactive ketones (excluding diaryl/α,β-unsaturated/α-hetero) is 1. The summed E-state index contributed by atoms with van der Waals surface area (Å²) in [6.45, 7) is 4.42. The molecule has 0 spiro atoms. The Morgan fingerprint density at radius 3 is 2.71 bits per heavy atom. The lowest BCUT2D eigenvalue weighted by atomic mass is 10.0. The molecule has 0 saturated carbocycles. The zero-order valence-corrected chi connectivity index (χ0v) is 16.9. The lowest BCUT2D eigenvalue weighted by molar-refractivity contribution is -0.121. The number of amides is 1. The van der Waals surface area contributed by atoms with E-state index in [1.807, 2.05) is 43.5 Å². The Bertz CT molecular complexity index is 1050. The number of pyridine rings is 1. The fraction of sp³-hybridized carbons (Fsp3) is 0.318. The lowest BCUT2D eigenvalue weighted by Crippen LogP contribution is -2.27. The molecule has 3 rings (SSSR count). The Morgan fingerprint density at radius 1 is 1.14 bits per heavy atom. The van der Waals surface area contributed by atoms with Crippen LogP contribution in [0.3, 0.4) is 0 Å². The number of aryl methyl sites for hydroxylation is 2. The number of carbonyl (C=O) groups excluding carboxylic acids is 2. The molecule has 0 aliphatic heterocycles. The molecule has 6 heteroatoms. The van der Waals surface area contributed by atoms with Gasteiger partial charge in [0, 0.05) is 24.9 Å². The van der Waals surface area contributed by atoms with E-state index < -0.39 is 0 Å². The molecule has 1 amide bonds. The number of hydrogen-bond donors (Lipinski definition) is 2. The molecule has 2 aromatic heterocycles. The third-order valence-electron chi connectivity index (χ3n) is 4.95. The van der Waals surface area contributed by atoms with Crippen molar-refractivity contribution >= 4 is 33.9 Å². The van der Waals surface area contributed by atoms with E-state index in [0.717, 1.165) is 26.9 Å². The average Bonchev–Trinajstić information content (AvgIpc) is 3.21. The van der Waals surface area contributed by atoms with Crippen LogP contribution in [0.5, 0.6) is 0 Å². The van der Waals surface area contributed by atoms with Crippen LogP contribution in [-0.2, 0) is 11.2 Å². The summed E-state index contributed by atoms with van der Waals surface area (Å²) in [5, 5.41) is 5.70. The molecule has 0 aliphatic rings. The minimum atomic E-state index is -0.114. The van der Waals surface area contributed by atoms with E-state index in [4.69, 9.17) is 0 Å². The molecule has 0 aliphatic carbocycles. The van der Waals surface area contributed by atoms with Crippen molar-refractivity contribution in [3.8, 4) is 0 Å². The summed E-state index contributed by atoms with van der Waals surface area (Å²) >= 11 is 1.42. The van der Waals surface area contributed by atoms with Gasteiger partial charge in [0.1, 0.15) is 0 Å². The van der Waals surface area contributed by atoms with Gasteiger partial charge in [0.25, 0.3) is 5.56 Å². The van der Waals surface area contributed by atoms with Crippen LogP contribution in [0.1, 0.15) is 45.6 Å². The van der Waals surface area contributed by atoms with Gasteiger partial charge in [0.05, 0.1) is 10.4 Å². The van der Waals surface area contributed by atoms with Crippen molar-refractivity contribution in [3.63, 3.8) is 0 Å². The number of thiophene rings is 1. The van der Waals surface area contributed by atoms with Gasteiger partial charge in [-0.25, -0.2) is 0 Å². The molecule has 0 saturated heterocycles. The standard InChI is InChI=1S/C22H24N2O3S/c1-14-8-9-16-13-17(22(27)24-21(16)15(14)2)10-11-23-20(26)7-3-5-18(25)19-6-4-12-28-19/h4,6,8-9,12-13H,3,5,7,10-11H2,1-2H3,(H,23,26)(H,24,27). The smallest absolute Gasteiger partial charge is 0.251 e. The molecule has 5 nitrogen and oxygen atoms in total. The number of nitrogens with one attached hydrogen (secondary N) is 2. The topological polar surface area (TPSA) is 79.0 Å². The molecule has 2 heterocycles. The van der Waals surface area contributed by atoms with Gasteiger partial charge in [0.2, 0.25) is 5.91 Å². The van der Waals surface area contributed by atoms with Crippen molar-refractivity contribution in [3.05, 3.63) is 67.6 Å². The highest BCUT2D eigenvalue weighted by Gasteiger charge is 2.10. The summed E-state index contributed by atoms with van der Waals surface area (Å²) in [5.41, 5.74) is 3.63. The highest BCUT2D eigenvalue weighted by Crippen LogP contribution is 2.19. The molecule has 0 radical (unpaired) electrons. The van der Waals surface area contributed by atoms with E-state index >= 15 is 0 Å². The van der Waals surface area contributed by atoms with Crippen LogP contribution in [0.4, 0.5) is 0 Å². The summed E-state index contributed by atoms with van der Waals surface area (Å²) in [7, 11) is 0. The predicted octanol–water partition coefficient (Wildman–Crippen LogP) is 3.92. The van der Waals surface area contributed by atoms with Crippen molar-refractivity contribution in [2.24, 2.45) is 0 Å². The Labute approximate surface area is 167 Å². The Balaban J connectivity index is 1.48. The zero-order valence-electron chi connectivity index (χ0n) is 16.1. The van der Waals surface area contributed by atoms with Crippen LogP contribution < -0.4 is 10.9 Å². The summed E-state index contributed by atoms with van der Waals surface area (Å²) in [5.74, 6) is -0.0151. The maximum absolute atomic E-state index is 12.3. The van der Waals surface area contributed by atoms with Crippen molar-refractivity contribution < 1.29 is 9.59 Å². The van der Waals surface area contributed by atoms with Gasteiger partial charge >= 0.3 is 0 Å². The molecule has 146 valence electrons. The normalized spacial score (nSPS) is 10.9. The van der Waals surface area contributed by atoms with Gasteiger partial charge in [-0.15, -0.1) is 11.3 Å². The van der Waals surface area contributed by atoms with E-state index in [9.17, 15) is 14.4 Å². The maximum atomic E-state index is 12.3. The van der Waals surface area contributed by atoms with Gasteiger partial charge < -0.3 is 10.3 Å². The van der Waals surface area contributed by atoms with Gasteiger partial charge in [-0.1, -0.05) is 18.2 Å².